The number of carbonyl (C=O) groups is 2. The smallest absolute Gasteiger partial charge is 0.240 e. The van der Waals surface area contributed by atoms with Gasteiger partial charge in [-0.2, -0.15) is 10.2 Å². The fourth-order valence-corrected chi connectivity index (χ4v) is 3.04. The first-order valence-corrected chi connectivity index (χ1v) is 9.21. The van der Waals surface area contributed by atoms with E-state index in [0.717, 1.165) is 74.6 Å². The van der Waals surface area contributed by atoms with E-state index in [4.69, 9.17) is 0 Å². The second-order valence-electron chi connectivity index (χ2n) is 7.29. The van der Waals surface area contributed by atoms with Crippen LogP contribution in [-0.4, -0.2) is 23.2 Å². The van der Waals surface area contributed by atoms with Crippen molar-refractivity contribution in [2.24, 2.45) is 22.0 Å². The van der Waals surface area contributed by atoms with Crippen molar-refractivity contribution in [2.75, 3.05) is 0 Å². The lowest BCUT2D eigenvalue weighted by molar-refractivity contribution is -0.126. The molecule has 0 bridgehead atoms. The Morgan fingerprint density at radius 1 is 0.792 bits per heavy atom. The molecule has 2 aliphatic rings. The van der Waals surface area contributed by atoms with E-state index in [0.29, 0.717) is 0 Å². The maximum atomic E-state index is 11.8. The van der Waals surface area contributed by atoms with Crippen LogP contribution in [-0.2, 0) is 9.59 Å². The molecule has 6 heteroatoms. The van der Waals surface area contributed by atoms with Gasteiger partial charge < -0.3 is 0 Å². The molecule has 0 spiro atoms. The molecule has 0 heterocycles. The Morgan fingerprint density at radius 2 is 1.12 bits per heavy atom. The highest BCUT2D eigenvalue weighted by molar-refractivity contribution is 5.89. The van der Waals surface area contributed by atoms with Gasteiger partial charge in [-0.3, -0.25) is 9.59 Å². The summed E-state index contributed by atoms with van der Waals surface area (Å²) < 4.78 is 0. The topological polar surface area (TPSA) is 82.9 Å². The molecule has 2 N–H and O–H groups in total. The molecule has 0 aromatic carbocycles. The molecule has 0 aliphatic heterocycles. The highest BCUT2D eigenvalue weighted by Gasteiger charge is 2.15. The summed E-state index contributed by atoms with van der Waals surface area (Å²) in [6.45, 7) is 4.48. The van der Waals surface area contributed by atoms with Crippen LogP contribution in [0.5, 0.6) is 0 Å². The minimum Gasteiger partial charge on any atom is -0.273 e. The van der Waals surface area contributed by atoms with Crippen LogP contribution in [0.1, 0.15) is 78.1 Å². The van der Waals surface area contributed by atoms with Gasteiger partial charge in [0.15, 0.2) is 0 Å². The van der Waals surface area contributed by atoms with Crippen molar-refractivity contribution in [3.8, 4) is 0 Å². The molecule has 2 rings (SSSR count). The third-order valence-electron chi connectivity index (χ3n) is 4.96. The molecule has 24 heavy (non-hydrogen) atoms. The molecule has 2 amide bonds. The highest BCUT2D eigenvalue weighted by Crippen LogP contribution is 2.21. The summed E-state index contributed by atoms with van der Waals surface area (Å²) in [6, 6.07) is 0. The van der Waals surface area contributed by atoms with Gasteiger partial charge in [0.2, 0.25) is 11.8 Å². The van der Waals surface area contributed by atoms with Crippen molar-refractivity contribution in [1.82, 2.24) is 10.9 Å². The summed E-state index contributed by atoms with van der Waals surface area (Å²) in [5, 5.41) is 8.36. The van der Waals surface area contributed by atoms with Crippen molar-refractivity contribution in [3.63, 3.8) is 0 Å². The van der Waals surface area contributed by atoms with Crippen LogP contribution in [0.25, 0.3) is 0 Å². The molecule has 0 aromatic rings. The van der Waals surface area contributed by atoms with Gasteiger partial charge in [-0.25, -0.2) is 10.9 Å². The first-order chi connectivity index (χ1) is 11.5. The summed E-state index contributed by atoms with van der Waals surface area (Å²) in [5.41, 5.74) is 7.25. The Morgan fingerprint density at radius 3 is 1.46 bits per heavy atom. The van der Waals surface area contributed by atoms with Crippen LogP contribution in [0.4, 0.5) is 0 Å². The van der Waals surface area contributed by atoms with Gasteiger partial charge in [-0.1, -0.05) is 13.8 Å². The van der Waals surface area contributed by atoms with Gasteiger partial charge in [0.05, 0.1) is 0 Å². The van der Waals surface area contributed by atoms with Crippen LogP contribution in [0.3, 0.4) is 0 Å². The quantitative estimate of drug-likeness (QED) is 0.757. The second-order valence-corrected chi connectivity index (χ2v) is 7.29. The predicted molar refractivity (Wildman–Crippen MR) is 95.7 cm³/mol. The minimum atomic E-state index is -0.213. The normalized spacial score (nSPS) is 24.2. The monoisotopic (exact) mass is 334 g/mol. The summed E-state index contributed by atoms with van der Waals surface area (Å²) in [4.78, 5) is 23.5. The zero-order chi connectivity index (χ0) is 17.4. The Labute approximate surface area is 144 Å². The van der Waals surface area contributed by atoms with Crippen molar-refractivity contribution in [2.45, 2.75) is 78.1 Å². The second kappa shape index (κ2) is 9.55. The maximum absolute atomic E-state index is 11.8. The average molecular weight is 334 g/mol. The van der Waals surface area contributed by atoms with Crippen molar-refractivity contribution >= 4 is 23.2 Å². The highest BCUT2D eigenvalue weighted by atomic mass is 16.2. The molecule has 6 nitrogen and oxygen atoms in total. The molecule has 134 valence electrons. The molecule has 0 atom stereocenters. The average Bonchev–Trinajstić information content (AvgIpc) is 2.59. The van der Waals surface area contributed by atoms with Gasteiger partial charge in [0.1, 0.15) is 0 Å². The Kier molecular flexibility index (Phi) is 7.40. The minimum absolute atomic E-state index is 0.140. The van der Waals surface area contributed by atoms with Crippen LogP contribution in [0.2, 0.25) is 0 Å². The maximum Gasteiger partial charge on any atom is 0.240 e. The number of hydrazone groups is 2. The van der Waals surface area contributed by atoms with Gasteiger partial charge in [-0.05, 0) is 63.2 Å². The van der Waals surface area contributed by atoms with E-state index in [2.05, 4.69) is 34.9 Å². The Bertz CT molecular complexity index is 447. The van der Waals surface area contributed by atoms with E-state index in [1.54, 1.807) is 0 Å². The third kappa shape index (κ3) is 6.81. The molecule has 0 radical (unpaired) electrons. The predicted octanol–water partition coefficient (Wildman–Crippen LogP) is 3.13. The van der Waals surface area contributed by atoms with Crippen molar-refractivity contribution < 1.29 is 9.59 Å². The standard InChI is InChI=1S/C18H30N4O2/c1-13-3-7-15(8-4-13)19-21-17(23)11-12-18(24)22-20-16-9-5-14(2)6-10-16/h13-14H,3-12H2,1-2H3,(H,21,23)(H,22,24). The zero-order valence-electron chi connectivity index (χ0n) is 14.9. The molecule has 0 unspecified atom stereocenters. The van der Waals surface area contributed by atoms with Crippen LogP contribution >= 0.6 is 0 Å². The number of carbonyl (C=O) groups excluding carboxylic acids is 2. The van der Waals surface area contributed by atoms with E-state index < -0.39 is 0 Å². The molecule has 2 saturated carbocycles. The molecule has 2 fully saturated rings. The van der Waals surface area contributed by atoms with E-state index >= 15 is 0 Å². The fourth-order valence-electron chi connectivity index (χ4n) is 3.04. The summed E-state index contributed by atoms with van der Waals surface area (Å²) in [7, 11) is 0. The van der Waals surface area contributed by atoms with Gasteiger partial charge >= 0.3 is 0 Å². The molecular formula is C18H30N4O2. The van der Waals surface area contributed by atoms with E-state index in [9.17, 15) is 9.59 Å². The molecule has 0 saturated heterocycles. The third-order valence-corrected chi connectivity index (χ3v) is 4.96. The summed E-state index contributed by atoms with van der Waals surface area (Å²) in [6.07, 6.45) is 8.65. The molecule has 2 aliphatic carbocycles. The van der Waals surface area contributed by atoms with Gasteiger partial charge in [-0.15, -0.1) is 0 Å². The first-order valence-electron chi connectivity index (χ1n) is 9.21. The van der Waals surface area contributed by atoms with Crippen molar-refractivity contribution in [1.29, 1.82) is 0 Å². The Balaban J connectivity index is 1.61. The van der Waals surface area contributed by atoms with Crippen LogP contribution in [0.15, 0.2) is 10.2 Å². The fraction of sp³-hybridized carbons (Fsp3) is 0.778. The lowest BCUT2D eigenvalue weighted by Crippen LogP contribution is -2.25. The number of rotatable bonds is 5. The van der Waals surface area contributed by atoms with E-state index in [1.807, 2.05) is 0 Å². The molecule has 0 aromatic heterocycles. The lowest BCUT2D eigenvalue weighted by atomic mass is 9.90. The number of amides is 2. The van der Waals surface area contributed by atoms with Gasteiger partial charge in [0.25, 0.3) is 0 Å². The summed E-state index contributed by atoms with van der Waals surface area (Å²) >= 11 is 0. The first kappa shape index (κ1) is 18.6. The molecular weight excluding hydrogens is 304 g/mol. The largest absolute Gasteiger partial charge is 0.273 e. The van der Waals surface area contributed by atoms with Gasteiger partial charge in [0, 0.05) is 24.3 Å². The van der Waals surface area contributed by atoms with E-state index in [1.165, 1.54) is 0 Å². The van der Waals surface area contributed by atoms with Crippen molar-refractivity contribution in [3.05, 3.63) is 0 Å². The van der Waals surface area contributed by atoms with Crippen LogP contribution in [0, 0.1) is 11.8 Å². The Hall–Kier alpha value is -1.72. The SMILES string of the molecule is CC1CCC(=NNC(=O)CCC(=O)NN=C2CCC(C)CC2)CC1. The number of hydrogen-bond donors (Lipinski definition) is 2. The summed E-state index contributed by atoms with van der Waals surface area (Å²) in [5.74, 6) is 1.07. The van der Waals surface area contributed by atoms with Crippen LogP contribution < -0.4 is 10.9 Å². The number of hydrogen-bond acceptors (Lipinski definition) is 4. The lowest BCUT2D eigenvalue weighted by Gasteiger charge is -2.18. The number of nitrogens with one attached hydrogen (secondary N) is 2. The van der Waals surface area contributed by atoms with E-state index in [-0.39, 0.29) is 24.7 Å². The zero-order valence-corrected chi connectivity index (χ0v) is 14.9. The number of nitrogens with zero attached hydrogens (tertiary/aromatic N) is 2.